The van der Waals surface area contributed by atoms with E-state index < -0.39 is 0 Å². The summed E-state index contributed by atoms with van der Waals surface area (Å²) < 4.78 is 5.25. The molecule has 1 aromatic carbocycles. The molecule has 0 bridgehead atoms. The SMILES string of the molecule is COc1c(C)cc(C)cc1NC(N)=S. The van der Waals surface area contributed by atoms with Gasteiger partial charge in [0, 0.05) is 0 Å². The minimum absolute atomic E-state index is 0.244. The number of hydrogen-bond donors (Lipinski definition) is 2. The lowest BCUT2D eigenvalue weighted by Crippen LogP contribution is -2.19. The van der Waals surface area contributed by atoms with Crippen LogP contribution in [0, 0.1) is 13.8 Å². The molecule has 0 aliphatic carbocycles. The summed E-state index contributed by atoms with van der Waals surface area (Å²) in [6.07, 6.45) is 0. The molecule has 0 aliphatic rings. The van der Waals surface area contributed by atoms with Gasteiger partial charge in [0.25, 0.3) is 0 Å². The van der Waals surface area contributed by atoms with Crippen molar-refractivity contribution in [2.24, 2.45) is 5.73 Å². The summed E-state index contributed by atoms with van der Waals surface area (Å²) in [5.41, 5.74) is 8.43. The van der Waals surface area contributed by atoms with Crippen molar-refractivity contribution in [3.63, 3.8) is 0 Å². The van der Waals surface area contributed by atoms with Gasteiger partial charge in [0.2, 0.25) is 0 Å². The lowest BCUT2D eigenvalue weighted by molar-refractivity contribution is 0.413. The molecule has 0 heterocycles. The van der Waals surface area contributed by atoms with E-state index in [-0.39, 0.29) is 5.11 Å². The van der Waals surface area contributed by atoms with Crippen LogP contribution in [0.5, 0.6) is 5.75 Å². The maximum absolute atomic E-state index is 5.41. The standard InChI is InChI=1S/C10H14N2OS/c1-6-4-7(2)9(13-3)8(5-6)12-10(11)14/h4-5H,1-3H3,(H3,11,12,14). The summed E-state index contributed by atoms with van der Waals surface area (Å²) in [4.78, 5) is 0. The van der Waals surface area contributed by atoms with Gasteiger partial charge >= 0.3 is 0 Å². The van der Waals surface area contributed by atoms with E-state index in [4.69, 9.17) is 22.7 Å². The van der Waals surface area contributed by atoms with Gasteiger partial charge in [0.1, 0.15) is 5.75 Å². The molecule has 1 rings (SSSR count). The number of anilines is 1. The van der Waals surface area contributed by atoms with Crippen molar-refractivity contribution in [2.45, 2.75) is 13.8 Å². The highest BCUT2D eigenvalue weighted by Crippen LogP contribution is 2.29. The molecule has 0 saturated carbocycles. The van der Waals surface area contributed by atoms with Crippen LogP contribution in [0.15, 0.2) is 12.1 Å². The Balaban J connectivity index is 3.17. The molecule has 3 nitrogen and oxygen atoms in total. The van der Waals surface area contributed by atoms with Gasteiger partial charge in [-0.15, -0.1) is 0 Å². The number of aryl methyl sites for hydroxylation is 2. The van der Waals surface area contributed by atoms with E-state index >= 15 is 0 Å². The first-order valence-electron chi connectivity index (χ1n) is 4.26. The predicted octanol–water partition coefficient (Wildman–Crippen LogP) is 1.97. The highest BCUT2D eigenvalue weighted by Gasteiger charge is 2.07. The summed E-state index contributed by atoms with van der Waals surface area (Å²) in [7, 11) is 1.63. The second-order valence-corrected chi connectivity index (χ2v) is 3.59. The van der Waals surface area contributed by atoms with Gasteiger partial charge in [-0.1, -0.05) is 6.07 Å². The second kappa shape index (κ2) is 4.28. The largest absolute Gasteiger partial charge is 0.494 e. The summed E-state index contributed by atoms with van der Waals surface area (Å²) in [6, 6.07) is 3.99. The van der Waals surface area contributed by atoms with E-state index in [0.29, 0.717) is 0 Å². The molecule has 0 atom stereocenters. The summed E-state index contributed by atoms with van der Waals surface area (Å²) in [6.45, 7) is 3.99. The third-order valence-electron chi connectivity index (χ3n) is 1.88. The fourth-order valence-electron chi connectivity index (χ4n) is 1.45. The molecule has 0 fully saturated rings. The quantitative estimate of drug-likeness (QED) is 0.733. The van der Waals surface area contributed by atoms with Crippen molar-refractivity contribution in [1.29, 1.82) is 0 Å². The normalized spacial score (nSPS) is 9.64. The van der Waals surface area contributed by atoms with Crippen LogP contribution in [0.25, 0.3) is 0 Å². The zero-order valence-corrected chi connectivity index (χ0v) is 9.37. The highest BCUT2D eigenvalue weighted by molar-refractivity contribution is 7.80. The van der Waals surface area contributed by atoms with E-state index in [1.54, 1.807) is 7.11 Å². The van der Waals surface area contributed by atoms with Crippen LogP contribution in [0.4, 0.5) is 5.69 Å². The van der Waals surface area contributed by atoms with E-state index in [1.807, 2.05) is 26.0 Å². The van der Waals surface area contributed by atoms with Crippen molar-refractivity contribution in [2.75, 3.05) is 12.4 Å². The van der Waals surface area contributed by atoms with Crippen molar-refractivity contribution in [3.8, 4) is 5.75 Å². The smallest absolute Gasteiger partial charge is 0.168 e. The minimum atomic E-state index is 0.244. The maximum Gasteiger partial charge on any atom is 0.168 e. The second-order valence-electron chi connectivity index (χ2n) is 3.15. The minimum Gasteiger partial charge on any atom is -0.494 e. The topological polar surface area (TPSA) is 47.3 Å². The van der Waals surface area contributed by atoms with Gasteiger partial charge < -0.3 is 15.8 Å². The van der Waals surface area contributed by atoms with E-state index in [0.717, 1.165) is 22.6 Å². The molecular weight excluding hydrogens is 196 g/mol. The first-order valence-corrected chi connectivity index (χ1v) is 4.67. The van der Waals surface area contributed by atoms with Crippen LogP contribution in [-0.4, -0.2) is 12.2 Å². The number of thiocarbonyl (C=S) groups is 1. The van der Waals surface area contributed by atoms with Crippen LogP contribution in [0.1, 0.15) is 11.1 Å². The fourth-order valence-corrected chi connectivity index (χ4v) is 1.56. The van der Waals surface area contributed by atoms with Crippen LogP contribution in [0.3, 0.4) is 0 Å². The Hall–Kier alpha value is -1.29. The summed E-state index contributed by atoms with van der Waals surface area (Å²) in [5, 5.41) is 3.13. The number of hydrogen-bond acceptors (Lipinski definition) is 2. The van der Waals surface area contributed by atoms with Gasteiger partial charge in [-0.2, -0.15) is 0 Å². The Kier molecular flexibility index (Phi) is 3.30. The molecule has 0 radical (unpaired) electrons. The number of benzene rings is 1. The predicted molar refractivity (Wildman–Crippen MR) is 62.9 cm³/mol. The Bertz CT molecular complexity index is 363. The maximum atomic E-state index is 5.41. The molecule has 3 N–H and O–H groups in total. The molecule has 0 amide bonds. The van der Waals surface area contributed by atoms with Crippen molar-refractivity contribution < 1.29 is 4.74 Å². The number of ether oxygens (including phenoxy) is 1. The molecule has 0 spiro atoms. The van der Waals surface area contributed by atoms with Crippen molar-refractivity contribution in [1.82, 2.24) is 0 Å². The van der Waals surface area contributed by atoms with Gasteiger partial charge in [-0.3, -0.25) is 0 Å². The number of methoxy groups -OCH3 is 1. The zero-order valence-electron chi connectivity index (χ0n) is 8.55. The van der Waals surface area contributed by atoms with Crippen LogP contribution < -0.4 is 15.8 Å². The highest BCUT2D eigenvalue weighted by atomic mass is 32.1. The number of rotatable bonds is 2. The van der Waals surface area contributed by atoms with Crippen LogP contribution in [-0.2, 0) is 0 Å². The summed E-state index contributed by atoms with van der Waals surface area (Å²) in [5.74, 6) is 0.781. The molecular formula is C10H14N2OS. The van der Waals surface area contributed by atoms with Gasteiger partial charge in [-0.05, 0) is 43.3 Å². The molecule has 76 valence electrons. The molecule has 0 saturated heterocycles. The average molecular weight is 210 g/mol. The monoisotopic (exact) mass is 210 g/mol. The van der Waals surface area contributed by atoms with E-state index in [2.05, 4.69) is 5.32 Å². The fraction of sp³-hybridized carbons (Fsp3) is 0.300. The van der Waals surface area contributed by atoms with E-state index in [9.17, 15) is 0 Å². The zero-order chi connectivity index (χ0) is 10.7. The Morgan fingerprint density at radius 1 is 1.43 bits per heavy atom. The average Bonchev–Trinajstić information content (AvgIpc) is 2.01. The molecule has 1 aromatic rings. The number of nitrogens with one attached hydrogen (secondary N) is 1. The van der Waals surface area contributed by atoms with Gasteiger partial charge in [-0.25, -0.2) is 0 Å². The van der Waals surface area contributed by atoms with E-state index in [1.165, 1.54) is 0 Å². The summed E-state index contributed by atoms with van der Waals surface area (Å²) >= 11 is 4.78. The van der Waals surface area contributed by atoms with Crippen LogP contribution in [0.2, 0.25) is 0 Å². The Morgan fingerprint density at radius 3 is 2.57 bits per heavy atom. The van der Waals surface area contributed by atoms with Gasteiger partial charge in [0.05, 0.1) is 12.8 Å². The lowest BCUT2D eigenvalue weighted by Gasteiger charge is -2.13. The third-order valence-corrected chi connectivity index (χ3v) is 1.98. The molecule has 0 unspecified atom stereocenters. The van der Waals surface area contributed by atoms with Crippen molar-refractivity contribution in [3.05, 3.63) is 23.3 Å². The Morgan fingerprint density at radius 2 is 2.07 bits per heavy atom. The van der Waals surface area contributed by atoms with Gasteiger partial charge in [0.15, 0.2) is 5.11 Å². The molecule has 0 aliphatic heterocycles. The Labute approximate surface area is 89.3 Å². The van der Waals surface area contributed by atoms with Crippen LogP contribution >= 0.6 is 12.2 Å². The molecule has 0 aromatic heterocycles. The lowest BCUT2D eigenvalue weighted by atomic mass is 10.1. The molecule has 4 heteroatoms. The molecule has 14 heavy (non-hydrogen) atoms. The first-order chi connectivity index (χ1) is 6.54. The number of nitrogens with two attached hydrogens (primary N) is 1. The third kappa shape index (κ3) is 2.35. The first kappa shape index (κ1) is 10.8. The van der Waals surface area contributed by atoms with Crippen molar-refractivity contribution >= 4 is 23.0 Å².